The maximum atomic E-state index is 14.5. The minimum Gasteiger partial charge on any atom is -0.462 e. The second kappa shape index (κ2) is 12.5. The summed E-state index contributed by atoms with van der Waals surface area (Å²) in [5.41, 5.74) is 0. The number of esters is 4. The van der Waals surface area contributed by atoms with Crippen LogP contribution in [0.3, 0.4) is 0 Å². The summed E-state index contributed by atoms with van der Waals surface area (Å²) in [5, 5.41) is 0. The molecular formula is C14H15Cl4FO9. The molecule has 9 nitrogen and oxygen atoms in total. The molecule has 1 rings (SSSR count). The quantitative estimate of drug-likeness (QED) is 0.266. The summed E-state index contributed by atoms with van der Waals surface area (Å²) in [7, 11) is 0. The molecule has 14 heteroatoms. The smallest absolute Gasteiger partial charge is 0.321 e. The lowest BCUT2D eigenvalue weighted by Gasteiger charge is -2.41. The van der Waals surface area contributed by atoms with Gasteiger partial charge in [-0.25, -0.2) is 4.39 Å². The number of ether oxygens (including phenoxy) is 5. The molecule has 160 valence electrons. The Balaban J connectivity index is 3.17. The predicted octanol–water partition coefficient (Wildman–Crippen LogP) is 0.915. The summed E-state index contributed by atoms with van der Waals surface area (Å²) in [6, 6.07) is 0. The Labute approximate surface area is 178 Å². The van der Waals surface area contributed by atoms with Gasteiger partial charge >= 0.3 is 23.9 Å². The number of alkyl halides is 5. The Kier molecular flexibility index (Phi) is 11.1. The van der Waals surface area contributed by atoms with Gasteiger partial charge < -0.3 is 23.7 Å². The zero-order chi connectivity index (χ0) is 21.3. The number of hydrogen-bond donors (Lipinski definition) is 0. The van der Waals surface area contributed by atoms with Crippen molar-refractivity contribution in [2.24, 2.45) is 0 Å². The van der Waals surface area contributed by atoms with E-state index in [0.717, 1.165) is 0 Å². The van der Waals surface area contributed by atoms with Crippen molar-refractivity contribution in [2.45, 2.75) is 30.8 Å². The van der Waals surface area contributed by atoms with Gasteiger partial charge in [0.05, 0.1) is 0 Å². The Morgan fingerprint density at radius 2 is 1.14 bits per heavy atom. The van der Waals surface area contributed by atoms with Crippen molar-refractivity contribution in [1.82, 2.24) is 0 Å². The van der Waals surface area contributed by atoms with Crippen LogP contribution in [-0.4, -0.2) is 84.8 Å². The van der Waals surface area contributed by atoms with E-state index in [9.17, 15) is 23.6 Å². The third-order valence-corrected chi connectivity index (χ3v) is 4.10. The van der Waals surface area contributed by atoms with E-state index in [2.05, 4.69) is 0 Å². The second-order valence-electron chi connectivity index (χ2n) is 5.11. The minimum atomic E-state index is -2.34. The molecule has 1 aliphatic heterocycles. The molecule has 5 atom stereocenters. The summed E-state index contributed by atoms with van der Waals surface area (Å²) >= 11 is 21.4. The highest BCUT2D eigenvalue weighted by Crippen LogP contribution is 2.30. The van der Waals surface area contributed by atoms with Gasteiger partial charge in [0, 0.05) is 0 Å². The lowest BCUT2D eigenvalue weighted by Crippen LogP contribution is -2.61. The number of hydrogen-bond acceptors (Lipinski definition) is 9. The van der Waals surface area contributed by atoms with E-state index < -0.39 is 84.8 Å². The molecular weight excluding hydrogens is 473 g/mol. The monoisotopic (exact) mass is 486 g/mol. The highest BCUT2D eigenvalue weighted by atomic mass is 35.5. The highest BCUT2D eigenvalue weighted by molar-refractivity contribution is 6.27. The van der Waals surface area contributed by atoms with E-state index >= 15 is 0 Å². The van der Waals surface area contributed by atoms with Gasteiger partial charge in [0.1, 0.15) is 36.2 Å². The van der Waals surface area contributed by atoms with E-state index in [1.54, 1.807) is 0 Å². The Morgan fingerprint density at radius 3 is 1.61 bits per heavy atom. The fourth-order valence-corrected chi connectivity index (χ4v) is 2.43. The summed E-state index contributed by atoms with van der Waals surface area (Å²) < 4.78 is 39.1. The molecule has 1 heterocycles. The molecule has 1 saturated heterocycles. The van der Waals surface area contributed by atoms with Gasteiger partial charge in [-0.15, -0.1) is 46.4 Å². The van der Waals surface area contributed by atoms with Crippen LogP contribution in [0.25, 0.3) is 0 Å². The molecule has 0 aromatic heterocycles. The fraction of sp³-hybridized carbons (Fsp3) is 0.714. The van der Waals surface area contributed by atoms with Gasteiger partial charge in [0.15, 0.2) is 18.3 Å². The van der Waals surface area contributed by atoms with Crippen molar-refractivity contribution >= 4 is 70.3 Å². The van der Waals surface area contributed by atoms with E-state index in [1.165, 1.54) is 0 Å². The highest BCUT2D eigenvalue weighted by Gasteiger charge is 2.53. The van der Waals surface area contributed by atoms with Crippen LogP contribution in [0, 0.1) is 0 Å². The van der Waals surface area contributed by atoms with Crippen molar-refractivity contribution in [3.8, 4) is 0 Å². The third-order valence-electron chi connectivity index (χ3n) is 3.22. The van der Waals surface area contributed by atoms with E-state index in [0.29, 0.717) is 0 Å². The Hall–Kier alpha value is -1.07. The molecule has 0 spiro atoms. The molecule has 0 saturated carbocycles. The number of halogens is 5. The van der Waals surface area contributed by atoms with Crippen molar-refractivity contribution in [3.63, 3.8) is 0 Å². The SMILES string of the molecule is O=C(CCl)OC[C@H]1O[C@H](F)[C@H](OC(=O)CCl)[C@@H](OC(=O)CCl)[C@H]1OC(=O)CCl. The van der Waals surface area contributed by atoms with E-state index in [4.69, 9.17) is 70.1 Å². The Morgan fingerprint density at radius 1 is 0.714 bits per heavy atom. The van der Waals surface area contributed by atoms with E-state index in [-0.39, 0.29) is 0 Å². The third kappa shape index (κ3) is 7.40. The maximum Gasteiger partial charge on any atom is 0.321 e. The van der Waals surface area contributed by atoms with Crippen molar-refractivity contribution in [2.75, 3.05) is 30.1 Å². The van der Waals surface area contributed by atoms with Crippen LogP contribution in [0.1, 0.15) is 0 Å². The van der Waals surface area contributed by atoms with Gasteiger partial charge in [-0.05, 0) is 0 Å². The van der Waals surface area contributed by atoms with Gasteiger partial charge in [-0.1, -0.05) is 0 Å². The van der Waals surface area contributed by atoms with Crippen LogP contribution >= 0.6 is 46.4 Å². The van der Waals surface area contributed by atoms with Crippen LogP contribution in [0.2, 0.25) is 0 Å². The molecule has 0 radical (unpaired) electrons. The summed E-state index contributed by atoms with van der Waals surface area (Å²) in [6.07, 6.45) is -8.86. The van der Waals surface area contributed by atoms with Gasteiger partial charge in [-0.2, -0.15) is 0 Å². The normalized spacial score (nSPS) is 26.8. The van der Waals surface area contributed by atoms with Crippen molar-refractivity contribution < 1.29 is 47.3 Å². The van der Waals surface area contributed by atoms with Crippen LogP contribution in [0.4, 0.5) is 4.39 Å². The molecule has 0 aromatic rings. The molecule has 1 fully saturated rings. The van der Waals surface area contributed by atoms with Crippen LogP contribution in [-0.2, 0) is 42.9 Å². The summed E-state index contributed by atoms with van der Waals surface area (Å²) in [6.45, 7) is -0.614. The first-order valence-corrected chi connectivity index (χ1v) is 9.68. The lowest BCUT2D eigenvalue weighted by atomic mass is 9.98. The molecule has 28 heavy (non-hydrogen) atoms. The van der Waals surface area contributed by atoms with Crippen molar-refractivity contribution in [1.29, 1.82) is 0 Å². The molecule has 0 aromatic carbocycles. The van der Waals surface area contributed by atoms with Gasteiger partial charge in [0.2, 0.25) is 6.36 Å². The standard InChI is InChI=1S/C14H15Cl4FO9/c15-1-7(20)24-5-6-11(26-8(21)2-16)12(27-9(22)3-17)13(14(19)25-6)28-10(23)4-18/h6,11-14H,1-5H2/t6-,11+,12+,13-,14+/m1/s1. The number of carbonyl (C=O) groups excluding carboxylic acids is 4. The average Bonchev–Trinajstić information content (AvgIpc) is 2.69. The molecule has 0 unspecified atom stereocenters. The number of rotatable bonds is 9. The Bertz CT molecular complexity index is 579. The van der Waals surface area contributed by atoms with Gasteiger partial charge in [-0.3, -0.25) is 19.2 Å². The predicted molar refractivity (Wildman–Crippen MR) is 93.2 cm³/mol. The van der Waals surface area contributed by atoms with Crippen LogP contribution in [0.5, 0.6) is 0 Å². The maximum absolute atomic E-state index is 14.5. The fourth-order valence-electron chi connectivity index (χ4n) is 2.16. The molecule has 0 bridgehead atoms. The summed E-state index contributed by atoms with van der Waals surface area (Å²) in [4.78, 5) is 46.1. The zero-order valence-corrected chi connectivity index (χ0v) is 17.0. The second-order valence-corrected chi connectivity index (χ2v) is 6.18. The minimum absolute atomic E-state index is 0.501. The van der Waals surface area contributed by atoms with Crippen molar-refractivity contribution in [3.05, 3.63) is 0 Å². The first-order chi connectivity index (χ1) is 13.3. The van der Waals surface area contributed by atoms with E-state index in [1.807, 2.05) is 0 Å². The average molecular weight is 488 g/mol. The number of carbonyl (C=O) groups is 4. The van der Waals surface area contributed by atoms with Crippen LogP contribution < -0.4 is 0 Å². The molecule has 0 aliphatic carbocycles. The largest absolute Gasteiger partial charge is 0.462 e. The van der Waals surface area contributed by atoms with Gasteiger partial charge in [0.25, 0.3) is 0 Å². The molecule has 0 amide bonds. The lowest BCUT2D eigenvalue weighted by molar-refractivity contribution is -0.276. The zero-order valence-electron chi connectivity index (χ0n) is 14.0. The first-order valence-electron chi connectivity index (χ1n) is 7.54. The first kappa shape index (κ1) is 25.0. The molecule has 1 aliphatic rings. The van der Waals surface area contributed by atoms with Crippen LogP contribution in [0.15, 0.2) is 0 Å². The molecule has 0 N–H and O–H groups in total. The topological polar surface area (TPSA) is 114 Å². The summed E-state index contributed by atoms with van der Waals surface area (Å²) in [5.74, 6) is -6.32.